The number of ether oxygens (including phenoxy) is 4. The summed E-state index contributed by atoms with van der Waals surface area (Å²) in [7, 11) is 6.24. The van der Waals surface area contributed by atoms with Crippen LogP contribution in [0.4, 0.5) is 0 Å². The van der Waals surface area contributed by atoms with Crippen LogP contribution in [0.25, 0.3) is 10.2 Å². The number of benzene rings is 2. The van der Waals surface area contributed by atoms with Crippen molar-refractivity contribution in [1.29, 1.82) is 0 Å². The van der Waals surface area contributed by atoms with Gasteiger partial charge in [0.15, 0.2) is 27.8 Å². The number of thioether (sulfide) groups is 1. The van der Waals surface area contributed by atoms with Crippen LogP contribution in [0.3, 0.4) is 0 Å². The molecule has 0 aliphatic heterocycles. The molecule has 0 spiro atoms. The number of hydrogen-bond donors (Lipinski definition) is 0. The highest BCUT2D eigenvalue weighted by molar-refractivity contribution is 7.98. The number of nitrogens with zero attached hydrogens (tertiary/aromatic N) is 2. The minimum absolute atomic E-state index is 0.348. The van der Waals surface area contributed by atoms with Gasteiger partial charge in [-0.3, -0.25) is 4.79 Å². The highest BCUT2D eigenvalue weighted by Crippen LogP contribution is 2.34. The molecule has 3 rings (SSSR count). The molecule has 7 nitrogen and oxygen atoms in total. The molecule has 160 valence electrons. The molecular weight excluding hydrogens is 424 g/mol. The number of methoxy groups -OCH3 is 4. The van der Waals surface area contributed by atoms with Crippen molar-refractivity contribution in [3.05, 3.63) is 40.7 Å². The van der Waals surface area contributed by atoms with Crippen LogP contribution >= 0.6 is 23.1 Å². The molecule has 0 unspecified atom stereocenters. The largest absolute Gasteiger partial charge is 0.493 e. The summed E-state index contributed by atoms with van der Waals surface area (Å²) < 4.78 is 24.6. The van der Waals surface area contributed by atoms with Crippen LogP contribution in [0, 0.1) is 0 Å². The van der Waals surface area contributed by atoms with E-state index >= 15 is 0 Å². The first-order chi connectivity index (χ1) is 14.6. The fourth-order valence-electron chi connectivity index (χ4n) is 3.08. The molecule has 0 saturated heterocycles. The van der Waals surface area contributed by atoms with Crippen molar-refractivity contribution in [3.63, 3.8) is 0 Å². The number of aromatic nitrogens is 1. The SMILES string of the molecule is COc1cc2sc(=NC(=O)c3cccc(OC)c3OC)n(CCSC)c2cc1OC. The van der Waals surface area contributed by atoms with Crippen molar-refractivity contribution in [1.82, 2.24) is 4.57 Å². The Balaban J connectivity index is 2.19. The van der Waals surface area contributed by atoms with Gasteiger partial charge in [0.05, 0.1) is 44.2 Å². The maximum atomic E-state index is 13.0. The zero-order chi connectivity index (χ0) is 21.7. The molecule has 30 heavy (non-hydrogen) atoms. The lowest BCUT2D eigenvalue weighted by molar-refractivity contribution is 0.0994. The van der Waals surface area contributed by atoms with Crippen LogP contribution in [-0.4, -0.2) is 50.9 Å². The molecule has 0 bridgehead atoms. The molecule has 0 aliphatic rings. The van der Waals surface area contributed by atoms with E-state index in [-0.39, 0.29) is 0 Å². The van der Waals surface area contributed by atoms with Gasteiger partial charge in [0.25, 0.3) is 5.91 Å². The second kappa shape index (κ2) is 9.90. The molecule has 0 fully saturated rings. The molecule has 1 heterocycles. The fourth-order valence-corrected chi connectivity index (χ4v) is 4.51. The first-order valence-corrected chi connectivity index (χ1v) is 11.3. The summed E-state index contributed by atoms with van der Waals surface area (Å²) in [4.78, 5) is 18.1. The van der Waals surface area contributed by atoms with E-state index in [2.05, 4.69) is 4.99 Å². The minimum Gasteiger partial charge on any atom is -0.493 e. The van der Waals surface area contributed by atoms with Gasteiger partial charge < -0.3 is 23.5 Å². The van der Waals surface area contributed by atoms with Crippen LogP contribution in [0.15, 0.2) is 35.3 Å². The average Bonchev–Trinajstić information content (AvgIpc) is 3.11. The summed E-state index contributed by atoms with van der Waals surface area (Å²) in [6.45, 7) is 0.706. The second-order valence-corrected chi connectivity index (χ2v) is 8.16. The molecule has 9 heteroatoms. The molecule has 1 aromatic heterocycles. The van der Waals surface area contributed by atoms with E-state index in [4.69, 9.17) is 18.9 Å². The van der Waals surface area contributed by atoms with Crippen molar-refractivity contribution in [2.45, 2.75) is 6.54 Å². The molecule has 2 aromatic carbocycles. The van der Waals surface area contributed by atoms with E-state index < -0.39 is 5.91 Å². The van der Waals surface area contributed by atoms with Gasteiger partial charge in [-0.25, -0.2) is 0 Å². The summed E-state index contributed by atoms with van der Waals surface area (Å²) in [6, 6.07) is 8.99. The number of carbonyl (C=O) groups is 1. The molecular formula is C21H24N2O5S2. The van der Waals surface area contributed by atoms with E-state index in [1.807, 2.05) is 23.0 Å². The number of rotatable bonds is 8. The molecule has 3 aromatic rings. The summed E-state index contributed by atoms with van der Waals surface area (Å²) in [6.07, 6.45) is 2.04. The van der Waals surface area contributed by atoms with Gasteiger partial charge in [-0.1, -0.05) is 17.4 Å². The fraction of sp³-hybridized carbons (Fsp3) is 0.333. The third-order valence-corrected chi connectivity index (χ3v) is 6.17. The summed E-state index contributed by atoms with van der Waals surface area (Å²) in [5, 5.41) is 0. The molecule has 0 N–H and O–H groups in total. The first-order valence-electron chi connectivity index (χ1n) is 9.12. The molecule has 0 aliphatic carbocycles. The van der Waals surface area contributed by atoms with Crippen LogP contribution in [-0.2, 0) is 6.54 Å². The third-order valence-electron chi connectivity index (χ3n) is 4.54. The van der Waals surface area contributed by atoms with E-state index in [1.54, 1.807) is 44.2 Å². The van der Waals surface area contributed by atoms with Crippen LogP contribution in [0.2, 0.25) is 0 Å². The lowest BCUT2D eigenvalue weighted by atomic mass is 10.2. The van der Waals surface area contributed by atoms with Gasteiger partial charge in [-0.05, 0) is 18.4 Å². The molecule has 0 radical (unpaired) electrons. The quantitative estimate of drug-likeness (QED) is 0.521. The first kappa shape index (κ1) is 22.0. The Morgan fingerprint density at radius 3 is 2.37 bits per heavy atom. The predicted molar refractivity (Wildman–Crippen MR) is 121 cm³/mol. The van der Waals surface area contributed by atoms with Gasteiger partial charge >= 0.3 is 0 Å². The smallest absolute Gasteiger partial charge is 0.283 e. The Morgan fingerprint density at radius 2 is 1.73 bits per heavy atom. The number of thiazole rings is 1. The van der Waals surface area contributed by atoms with Crippen LogP contribution < -0.4 is 23.7 Å². The number of hydrogen-bond acceptors (Lipinski definition) is 7. The van der Waals surface area contributed by atoms with Crippen LogP contribution in [0.5, 0.6) is 23.0 Å². The summed E-state index contributed by atoms with van der Waals surface area (Å²) >= 11 is 3.15. The Kier molecular flexibility index (Phi) is 7.28. The monoisotopic (exact) mass is 448 g/mol. The molecule has 0 atom stereocenters. The number of para-hydroxylation sites is 1. The molecule has 0 saturated carbocycles. The highest BCUT2D eigenvalue weighted by Gasteiger charge is 2.18. The highest BCUT2D eigenvalue weighted by atomic mass is 32.2. The average molecular weight is 449 g/mol. The number of carbonyl (C=O) groups excluding carboxylic acids is 1. The molecule has 1 amide bonds. The topological polar surface area (TPSA) is 71.3 Å². The zero-order valence-corrected chi connectivity index (χ0v) is 19.2. The van der Waals surface area contributed by atoms with Crippen molar-refractivity contribution >= 4 is 39.2 Å². The van der Waals surface area contributed by atoms with E-state index in [0.29, 0.717) is 39.9 Å². The van der Waals surface area contributed by atoms with E-state index in [0.717, 1.165) is 16.0 Å². The third kappa shape index (κ3) is 4.27. The van der Waals surface area contributed by atoms with Crippen molar-refractivity contribution in [3.8, 4) is 23.0 Å². The van der Waals surface area contributed by atoms with Gasteiger partial charge in [-0.2, -0.15) is 16.8 Å². The summed E-state index contributed by atoms with van der Waals surface area (Å²) in [5.41, 5.74) is 1.29. The standard InChI is InChI=1S/C21H24N2O5S2/c1-25-15-8-6-7-13(19(15)28-4)20(24)22-21-23(9-10-29-5)14-11-16(26-2)17(27-3)12-18(14)30-21/h6-8,11-12H,9-10H2,1-5H3. The maximum absolute atomic E-state index is 13.0. The Morgan fingerprint density at radius 1 is 1.03 bits per heavy atom. The number of fused-ring (bicyclic) bond motifs is 1. The lowest BCUT2D eigenvalue weighted by Crippen LogP contribution is -2.18. The lowest BCUT2D eigenvalue weighted by Gasteiger charge is -2.10. The second-order valence-electron chi connectivity index (χ2n) is 6.16. The number of aryl methyl sites for hydroxylation is 1. The normalized spacial score (nSPS) is 11.6. The minimum atomic E-state index is -0.394. The maximum Gasteiger partial charge on any atom is 0.283 e. The van der Waals surface area contributed by atoms with Crippen molar-refractivity contribution < 1.29 is 23.7 Å². The van der Waals surface area contributed by atoms with Gasteiger partial charge in [0.1, 0.15) is 0 Å². The Bertz CT molecular complexity index is 1120. The van der Waals surface area contributed by atoms with Crippen molar-refractivity contribution in [2.75, 3.05) is 40.4 Å². The predicted octanol–water partition coefficient (Wildman–Crippen LogP) is 3.84. The van der Waals surface area contributed by atoms with Crippen LogP contribution in [0.1, 0.15) is 10.4 Å². The zero-order valence-electron chi connectivity index (χ0n) is 17.6. The van der Waals surface area contributed by atoms with Gasteiger partial charge in [0.2, 0.25) is 0 Å². The Labute approximate surface area is 183 Å². The Hall–Kier alpha value is -2.65. The van der Waals surface area contributed by atoms with E-state index in [9.17, 15) is 4.79 Å². The van der Waals surface area contributed by atoms with Gasteiger partial charge in [0, 0.05) is 24.4 Å². The van der Waals surface area contributed by atoms with E-state index in [1.165, 1.54) is 25.6 Å². The van der Waals surface area contributed by atoms with Gasteiger partial charge in [-0.15, -0.1) is 0 Å². The summed E-state index contributed by atoms with van der Waals surface area (Å²) in [5.74, 6) is 2.61. The van der Waals surface area contributed by atoms with Crippen molar-refractivity contribution in [2.24, 2.45) is 4.99 Å². The number of amides is 1.